The Hall–Kier alpha value is -2.08. The van der Waals surface area contributed by atoms with E-state index in [2.05, 4.69) is 9.71 Å². The molecule has 0 aliphatic heterocycles. The number of aryl methyl sites for hydroxylation is 2. The van der Waals surface area contributed by atoms with Crippen molar-refractivity contribution in [3.63, 3.8) is 0 Å². The van der Waals surface area contributed by atoms with Gasteiger partial charge in [-0.15, -0.1) is 0 Å². The zero-order valence-corrected chi connectivity index (χ0v) is 12.0. The molecule has 0 radical (unpaired) electrons. The monoisotopic (exact) mass is 291 g/mol. The van der Waals surface area contributed by atoms with Crippen molar-refractivity contribution in [2.24, 2.45) is 0 Å². The van der Waals surface area contributed by atoms with Crippen LogP contribution in [-0.2, 0) is 16.4 Å². The zero-order valence-electron chi connectivity index (χ0n) is 11.2. The van der Waals surface area contributed by atoms with Gasteiger partial charge in [-0.25, -0.2) is 8.42 Å². The van der Waals surface area contributed by atoms with Gasteiger partial charge in [0.1, 0.15) is 0 Å². The SMILES string of the molecule is Cc1cccc(N)c1NS(=O)(=O)CCc1ccncc1. The molecule has 0 fully saturated rings. The largest absolute Gasteiger partial charge is 0.397 e. The number of nitrogens with zero attached hydrogens (tertiary/aromatic N) is 1. The number of hydrogen-bond acceptors (Lipinski definition) is 4. The van der Waals surface area contributed by atoms with Crippen molar-refractivity contribution >= 4 is 21.4 Å². The van der Waals surface area contributed by atoms with Crippen LogP contribution in [0.5, 0.6) is 0 Å². The number of anilines is 2. The van der Waals surface area contributed by atoms with E-state index >= 15 is 0 Å². The Balaban J connectivity index is 2.08. The van der Waals surface area contributed by atoms with Crippen LogP contribution in [-0.4, -0.2) is 19.2 Å². The van der Waals surface area contributed by atoms with E-state index in [-0.39, 0.29) is 5.75 Å². The first-order chi connectivity index (χ1) is 9.48. The summed E-state index contributed by atoms with van der Waals surface area (Å²) in [6, 6.07) is 8.89. The van der Waals surface area contributed by atoms with E-state index in [1.54, 1.807) is 36.7 Å². The van der Waals surface area contributed by atoms with Crippen molar-refractivity contribution in [2.45, 2.75) is 13.3 Å². The minimum absolute atomic E-state index is 0.00475. The fraction of sp³-hybridized carbons (Fsp3) is 0.214. The zero-order chi connectivity index (χ0) is 14.6. The molecule has 1 aromatic heterocycles. The molecular formula is C14H17N3O2S. The number of para-hydroxylation sites is 1. The minimum atomic E-state index is -3.43. The van der Waals surface area contributed by atoms with Crippen LogP contribution in [0.3, 0.4) is 0 Å². The molecule has 0 amide bonds. The molecule has 2 aromatic rings. The third kappa shape index (κ3) is 3.71. The number of nitrogens with two attached hydrogens (primary N) is 1. The van der Waals surface area contributed by atoms with Crippen molar-refractivity contribution in [3.8, 4) is 0 Å². The van der Waals surface area contributed by atoms with E-state index in [9.17, 15) is 8.42 Å². The van der Waals surface area contributed by atoms with Crippen LogP contribution in [0.4, 0.5) is 11.4 Å². The molecule has 0 saturated carbocycles. The maximum Gasteiger partial charge on any atom is 0.233 e. The van der Waals surface area contributed by atoms with Gasteiger partial charge in [0, 0.05) is 12.4 Å². The summed E-state index contributed by atoms with van der Waals surface area (Å²) in [4.78, 5) is 3.90. The molecule has 0 bridgehead atoms. The van der Waals surface area contributed by atoms with Crippen molar-refractivity contribution in [1.29, 1.82) is 0 Å². The van der Waals surface area contributed by atoms with Gasteiger partial charge >= 0.3 is 0 Å². The van der Waals surface area contributed by atoms with Crippen LogP contribution in [0.2, 0.25) is 0 Å². The van der Waals surface area contributed by atoms with Crippen LogP contribution in [0.25, 0.3) is 0 Å². The molecule has 106 valence electrons. The third-order valence-electron chi connectivity index (χ3n) is 2.97. The molecule has 1 aromatic carbocycles. The number of pyridine rings is 1. The number of benzene rings is 1. The van der Waals surface area contributed by atoms with Gasteiger partial charge in [-0.3, -0.25) is 9.71 Å². The lowest BCUT2D eigenvalue weighted by molar-refractivity contribution is 0.600. The lowest BCUT2D eigenvalue weighted by Crippen LogP contribution is -2.19. The first-order valence-electron chi connectivity index (χ1n) is 6.22. The highest BCUT2D eigenvalue weighted by Crippen LogP contribution is 2.23. The Kier molecular flexibility index (Phi) is 4.24. The lowest BCUT2D eigenvalue weighted by atomic mass is 10.2. The molecule has 0 unspecified atom stereocenters. The number of rotatable bonds is 5. The summed E-state index contributed by atoms with van der Waals surface area (Å²) in [6.07, 6.45) is 3.73. The van der Waals surface area contributed by atoms with Crippen LogP contribution in [0.1, 0.15) is 11.1 Å². The summed E-state index contributed by atoms with van der Waals surface area (Å²) in [5.74, 6) is 0.00475. The molecular weight excluding hydrogens is 274 g/mol. The van der Waals surface area contributed by atoms with E-state index in [0.29, 0.717) is 17.8 Å². The number of aromatic nitrogens is 1. The molecule has 0 aliphatic rings. The second-order valence-electron chi connectivity index (χ2n) is 4.57. The Morgan fingerprint density at radius 3 is 2.55 bits per heavy atom. The van der Waals surface area contributed by atoms with Crippen molar-refractivity contribution in [1.82, 2.24) is 4.98 Å². The summed E-state index contributed by atoms with van der Waals surface area (Å²) in [5.41, 5.74) is 8.43. The van der Waals surface area contributed by atoms with E-state index in [0.717, 1.165) is 11.1 Å². The average Bonchev–Trinajstić information content (AvgIpc) is 2.42. The predicted octanol–water partition coefficient (Wildman–Crippen LogP) is 1.96. The Morgan fingerprint density at radius 1 is 1.20 bits per heavy atom. The number of nitrogen functional groups attached to an aromatic ring is 1. The summed E-state index contributed by atoms with van der Waals surface area (Å²) in [5, 5.41) is 0. The lowest BCUT2D eigenvalue weighted by Gasteiger charge is -2.12. The standard InChI is InChI=1S/C14H17N3O2S/c1-11-3-2-4-13(15)14(11)17-20(18,19)10-7-12-5-8-16-9-6-12/h2-6,8-9,17H,7,10,15H2,1H3. The normalized spacial score (nSPS) is 11.2. The van der Waals surface area contributed by atoms with Gasteiger partial charge in [-0.1, -0.05) is 12.1 Å². The van der Waals surface area contributed by atoms with Gasteiger partial charge in [-0.2, -0.15) is 0 Å². The quantitative estimate of drug-likeness (QED) is 0.825. The van der Waals surface area contributed by atoms with E-state index in [1.807, 2.05) is 13.0 Å². The van der Waals surface area contributed by atoms with Crippen molar-refractivity contribution in [2.75, 3.05) is 16.2 Å². The molecule has 2 rings (SSSR count). The molecule has 1 heterocycles. The van der Waals surface area contributed by atoms with Gasteiger partial charge in [0.2, 0.25) is 10.0 Å². The molecule has 0 atom stereocenters. The highest BCUT2D eigenvalue weighted by Gasteiger charge is 2.13. The van der Waals surface area contributed by atoms with Crippen molar-refractivity contribution < 1.29 is 8.42 Å². The smallest absolute Gasteiger partial charge is 0.233 e. The van der Waals surface area contributed by atoms with Crippen LogP contribution >= 0.6 is 0 Å². The molecule has 0 aliphatic carbocycles. The van der Waals surface area contributed by atoms with Crippen LogP contribution in [0, 0.1) is 6.92 Å². The van der Waals surface area contributed by atoms with Crippen LogP contribution < -0.4 is 10.5 Å². The third-order valence-corrected chi connectivity index (χ3v) is 4.23. The fourth-order valence-corrected chi connectivity index (χ4v) is 3.03. The number of nitrogens with one attached hydrogen (secondary N) is 1. The first kappa shape index (κ1) is 14.3. The highest BCUT2D eigenvalue weighted by molar-refractivity contribution is 7.92. The fourth-order valence-electron chi connectivity index (χ4n) is 1.84. The summed E-state index contributed by atoms with van der Waals surface area (Å²) >= 11 is 0. The van der Waals surface area contributed by atoms with Crippen LogP contribution in [0.15, 0.2) is 42.7 Å². The molecule has 3 N–H and O–H groups in total. The second-order valence-corrected chi connectivity index (χ2v) is 6.41. The summed E-state index contributed by atoms with van der Waals surface area (Å²) < 4.78 is 26.7. The van der Waals surface area contributed by atoms with Gasteiger partial charge in [-0.05, 0) is 42.7 Å². The molecule has 0 saturated heterocycles. The number of hydrogen-bond donors (Lipinski definition) is 2. The Morgan fingerprint density at radius 2 is 1.90 bits per heavy atom. The molecule has 0 spiro atoms. The topological polar surface area (TPSA) is 85.1 Å². The Labute approximate surface area is 118 Å². The maximum atomic E-state index is 12.1. The Bertz CT molecular complexity index is 665. The van der Waals surface area contributed by atoms with Gasteiger partial charge in [0.15, 0.2) is 0 Å². The summed E-state index contributed by atoms with van der Waals surface area (Å²) in [6.45, 7) is 1.82. The molecule has 20 heavy (non-hydrogen) atoms. The first-order valence-corrected chi connectivity index (χ1v) is 7.88. The maximum absolute atomic E-state index is 12.1. The van der Waals surface area contributed by atoms with E-state index < -0.39 is 10.0 Å². The molecule has 6 heteroatoms. The molecule has 5 nitrogen and oxygen atoms in total. The second kappa shape index (κ2) is 5.92. The minimum Gasteiger partial charge on any atom is -0.397 e. The van der Waals surface area contributed by atoms with Gasteiger partial charge in [0.25, 0.3) is 0 Å². The average molecular weight is 291 g/mol. The van der Waals surface area contributed by atoms with Crippen molar-refractivity contribution in [3.05, 3.63) is 53.9 Å². The highest BCUT2D eigenvalue weighted by atomic mass is 32.2. The van der Waals surface area contributed by atoms with E-state index in [1.165, 1.54) is 0 Å². The van der Waals surface area contributed by atoms with Gasteiger partial charge in [0.05, 0.1) is 17.1 Å². The summed E-state index contributed by atoms with van der Waals surface area (Å²) in [7, 11) is -3.43. The van der Waals surface area contributed by atoms with E-state index in [4.69, 9.17) is 5.73 Å². The van der Waals surface area contributed by atoms with Gasteiger partial charge < -0.3 is 5.73 Å². The number of sulfonamides is 1. The predicted molar refractivity (Wildman–Crippen MR) is 80.9 cm³/mol.